The third-order valence-corrected chi connectivity index (χ3v) is 5.55. The number of aromatic amines is 1. The van der Waals surface area contributed by atoms with Gasteiger partial charge in [-0.3, -0.25) is 4.79 Å². The quantitative estimate of drug-likeness (QED) is 0.531. The summed E-state index contributed by atoms with van der Waals surface area (Å²) < 4.78 is 5.92. The maximum Gasteiger partial charge on any atom is 0.232 e. The van der Waals surface area contributed by atoms with Crippen LogP contribution < -0.4 is 15.1 Å². The highest BCUT2D eigenvalue weighted by Gasteiger charge is 2.29. The smallest absolute Gasteiger partial charge is 0.232 e. The van der Waals surface area contributed by atoms with Gasteiger partial charge >= 0.3 is 0 Å². The average molecular weight is 382 g/mol. The van der Waals surface area contributed by atoms with Crippen molar-refractivity contribution in [3.8, 4) is 22.8 Å². The van der Waals surface area contributed by atoms with Crippen LogP contribution in [0.15, 0.2) is 77.6 Å². The minimum absolute atomic E-state index is 0.0705. The number of H-pyrrole nitrogens is 1. The molecule has 0 atom stereocenters. The van der Waals surface area contributed by atoms with E-state index in [1.165, 1.54) is 11.1 Å². The molecule has 0 saturated heterocycles. The van der Waals surface area contributed by atoms with Gasteiger partial charge in [0.2, 0.25) is 5.43 Å². The Morgan fingerprint density at radius 2 is 1.69 bits per heavy atom. The zero-order chi connectivity index (χ0) is 19.8. The first-order valence-electron chi connectivity index (χ1n) is 9.91. The topological polar surface area (TPSA) is 45.3 Å². The summed E-state index contributed by atoms with van der Waals surface area (Å²) in [6, 6.07) is 23.5. The summed E-state index contributed by atoms with van der Waals surface area (Å²) in [6.45, 7) is 3.78. The highest BCUT2D eigenvalue weighted by Crippen LogP contribution is 2.40. The van der Waals surface area contributed by atoms with Crippen molar-refractivity contribution in [2.75, 3.05) is 11.4 Å². The van der Waals surface area contributed by atoms with E-state index in [0.717, 1.165) is 36.6 Å². The van der Waals surface area contributed by atoms with Crippen molar-refractivity contribution in [3.05, 3.63) is 99.8 Å². The second-order valence-electron chi connectivity index (χ2n) is 7.46. The molecule has 0 aromatic heterocycles. The number of pyridine rings is 1. The van der Waals surface area contributed by atoms with Crippen LogP contribution in [0.4, 0.5) is 5.69 Å². The predicted molar refractivity (Wildman–Crippen MR) is 116 cm³/mol. The molecule has 0 spiro atoms. The second kappa shape index (κ2) is 7.13. The van der Waals surface area contributed by atoms with Gasteiger partial charge in [0.1, 0.15) is 5.75 Å². The van der Waals surface area contributed by atoms with Crippen LogP contribution >= 0.6 is 0 Å². The van der Waals surface area contributed by atoms with Gasteiger partial charge in [0.25, 0.3) is 0 Å². The summed E-state index contributed by atoms with van der Waals surface area (Å²) in [5, 5.41) is 0. The molecule has 1 N–H and O–H groups in total. The predicted octanol–water partition coefficient (Wildman–Crippen LogP) is 5.14. The molecule has 0 saturated carbocycles. The molecule has 0 bridgehead atoms. The summed E-state index contributed by atoms with van der Waals surface area (Å²) in [5.41, 5.74) is 6.13. The highest BCUT2D eigenvalue weighted by atomic mass is 16.5. The number of para-hydroxylation sites is 1. The summed E-state index contributed by atoms with van der Waals surface area (Å²) in [7, 11) is 0. The third-order valence-electron chi connectivity index (χ3n) is 5.55. The van der Waals surface area contributed by atoms with Crippen molar-refractivity contribution < 1.29 is 4.74 Å². The number of benzene rings is 3. The number of rotatable bonds is 4. The molecule has 2 aliphatic heterocycles. The van der Waals surface area contributed by atoms with Crippen molar-refractivity contribution in [2.24, 2.45) is 0 Å². The molecule has 1 aliphatic carbocycles. The van der Waals surface area contributed by atoms with Crippen LogP contribution in [-0.2, 0) is 13.0 Å². The van der Waals surface area contributed by atoms with Crippen LogP contribution in [0, 0.1) is 6.92 Å². The summed E-state index contributed by atoms with van der Waals surface area (Å²) in [4.78, 5) is 19.2. The molecule has 4 nitrogen and oxygen atoms in total. The lowest BCUT2D eigenvalue weighted by Crippen LogP contribution is -2.23. The Balaban J connectivity index is 1.63. The van der Waals surface area contributed by atoms with Crippen LogP contribution in [0.1, 0.15) is 16.8 Å². The summed E-state index contributed by atoms with van der Waals surface area (Å²) >= 11 is 0. The zero-order valence-corrected chi connectivity index (χ0v) is 16.3. The first-order valence-corrected chi connectivity index (χ1v) is 9.91. The maximum atomic E-state index is 13.4. The molecule has 3 aliphatic rings. The Labute approximate surface area is 169 Å². The molecule has 0 unspecified atom stereocenters. The van der Waals surface area contributed by atoms with E-state index in [-0.39, 0.29) is 5.43 Å². The van der Waals surface area contributed by atoms with Crippen molar-refractivity contribution in [1.29, 1.82) is 0 Å². The molecule has 4 heteroatoms. The number of hydrogen-bond donors (Lipinski definition) is 1. The minimum Gasteiger partial charge on any atom is -0.453 e. The van der Waals surface area contributed by atoms with E-state index in [1.54, 1.807) is 6.07 Å². The van der Waals surface area contributed by atoms with E-state index in [0.29, 0.717) is 17.1 Å². The van der Waals surface area contributed by atoms with Crippen LogP contribution in [0.3, 0.4) is 0 Å². The monoisotopic (exact) mass is 382 g/mol. The maximum absolute atomic E-state index is 13.4. The number of hydrogen-bond acceptors (Lipinski definition) is 3. The third kappa shape index (κ3) is 3.17. The molecule has 0 amide bonds. The molecule has 2 heterocycles. The van der Waals surface area contributed by atoms with Gasteiger partial charge in [0.05, 0.1) is 16.9 Å². The summed E-state index contributed by atoms with van der Waals surface area (Å²) in [5.74, 6) is 1.02. The van der Waals surface area contributed by atoms with Gasteiger partial charge in [-0.25, -0.2) is 0 Å². The van der Waals surface area contributed by atoms with Crippen molar-refractivity contribution in [3.63, 3.8) is 0 Å². The number of aryl methyl sites for hydroxylation is 1. The fraction of sp³-hybridized carbons (Fsp3) is 0.160. The van der Waals surface area contributed by atoms with Crippen molar-refractivity contribution in [2.45, 2.75) is 19.9 Å². The fourth-order valence-corrected chi connectivity index (χ4v) is 4.18. The van der Waals surface area contributed by atoms with E-state index in [2.05, 4.69) is 41.1 Å². The zero-order valence-electron chi connectivity index (χ0n) is 16.3. The largest absolute Gasteiger partial charge is 0.453 e. The molecule has 2 aromatic rings. The minimum atomic E-state index is -0.0705. The Morgan fingerprint density at radius 1 is 0.966 bits per heavy atom. The van der Waals surface area contributed by atoms with Gasteiger partial charge < -0.3 is 14.6 Å². The van der Waals surface area contributed by atoms with Gasteiger partial charge in [0, 0.05) is 18.8 Å². The van der Waals surface area contributed by atoms with E-state index in [1.807, 2.05) is 42.5 Å². The number of fused-ring (bicyclic) bond motifs is 3. The van der Waals surface area contributed by atoms with E-state index in [4.69, 9.17) is 4.74 Å². The van der Waals surface area contributed by atoms with Crippen LogP contribution in [0.2, 0.25) is 0 Å². The summed E-state index contributed by atoms with van der Waals surface area (Å²) in [6.07, 6.45) is 0.934. The van der Waals surface area contributed by atoms with Gasteiger partial charge in [0.15, 0.2) is 5.75 Å². The lowest BCUT2D eigenvalue weighted by atomic mass is 10.0. The first kappa shape index (κ1) is 17.6. The molecular weight excluding hydrogens is 360 g/mol. The number of nitrogens with zero attached hydrogens (tertiary/aromatic N) is 1. The SMILES string of the molecule is Cc1[nH]c2ccc(Oc3ccccc3)c(=O)c-2c2c1CCN2Cc1ccccc1. The Hall–Kier alpha value is -3.53. The van der Waals surface area contributed by atoms with Crippen LogP contribution in [0.5, 0.6) is 11.5 Å². The van der Waals surface area contributed by atoms with Crippen LogP contribution in [-0.4, -0.2) is 11.5 Å². The van der Waals surface area contributed by atoms with Crippen molar-refractivity contribution in [1.82, 2.24) is 4.98 Å². The van der Waals surface area contributed by atoms with E-state index < -0.39 is 0 Å². The fourth-order valence-electron chi connectivity index (χ4n) is 4.18. The van der Waals surface area contributed by atoms with Gasteiger partial charge in [-0.2, -0.15) is 0 Å². The molecule has 29 heavy (non-hydrogen) atoms. The number of nitrogens with one attached hydrogen (secondary N) is 1. The lowest BCUT2D eigenvalue weighted by molar-refractivity contribution is 0.478. The Kier molecular flexibility index (Phi) is 4.32. The molecule has 144 valence electrons. The number of ether oxygens (including phenoxy) is 1. The molecular formula is C25H22N2O2. The standard InChI is InChI=1S/C25H22N2O2/c1-17-20-14-15-27(16-18-8-4-2-5-9-18)24(20)23-21(26-17)12-13-22(25(23)28)29-19-10-6-3-7-11-19/h2-13,26H,14-16H2,1H3. The first-order chi connectivity index (χ1) is 14.2. The molecule has 0 radical (unpaired) electrons. The molecule has 0 fully saturated rings. The van der Waals surface area contributed by atoms with Gasteiger partial charge in [-0.15, -0.1) is 0 Å². The van der Waals surface area contributed by atoms with Gasteiger partial charge in [-0.1, -0.05) is 48.5 Å². The lowest BCUT2D eigenvalue weighted by Gasteiger charge is -2.24. The molecule has 2 aromatic carbocycles. The second-order valence-corrected chi connectivity index (χ2v) is 7.46. The Morgan fingerprint density at radius 3 is 2.45 bits per heavy atom. The van der Waals surface area contributed by atoms with Crippen LogP contribution in [0.25, 0.3) is 11.3 Å². The van der Waals surface area contributed by atoms with E-state index >= 15 is 0 Å². The van der Waals surface area contributed by atoms with E-state index in [9.17, 15) is 4.79 Å². The van der Waals surface area contributed by atoms with Crippen molar-refractivity contribution >= 4 is 5.69 Å². The molecule has 5 rings (SSSR count). The highest BCUT2D eigenvalue weighted by molar-refractivity contribution is 5.83. The normalized spacial score (nSPS) is 12.9. The Bertz CT molecular complexity index is 1180. The number of aromatic nitrogens is 1. The van der Waals surface area contributed by atoms with Gasteiger partial charge in [-0.05, 0) is 48.7 Å². The number of anilines is 1. The average Bonchev–Trinajstić information content (AvgIpc) is 3.16.